The van der Waals surface area contributed by atoms with Gasteiger partial charge in [0.25, 0.3) is 0 Å². The summed E-state index contributed by atoms with van der Waals surface area (Å²) < 4.78 is 2.02. The van der Waals surface area contributed by atoms with Crippen LogP contribution in [-0.4, -0.2) is 57.6 Å². The highest BCUT2D eigenvalue weighted by Gasteiger charge is 2.30. The molecule has 2 N–H and O–H groups in total. The molecule has 2 aromatic rings. The Morgan fingerprint density at radius 3 is 2.82 bits per heavy atom. The van der Waals surface area contributed by atoms with Crippen LogP contribution in [0.3, 0.4) is 0 Å². The molecule has 28 heavy (non-hydrogen) atoms. The molecular formula is C21H31N7. The molecule has 0 radical (unpaired) electrons. The minimum Gasteiger partial charge on any atom is -0.352 e. The Bertz CT molecular complexity index is 807. The van der Waals surface area contributed by atoms with E-state index in [2.05, 4.69) is 36.6 Å². The highest BCUT2D eigenvalue weighted by Crippen LogP contribution is 2.26. The largest absolute Gasteiger partial charge is 0.352 e. The smallest absolute Gasteiger partial charge is 0.191 e. The van der Waals surface area contributed by atoms with Crippen molar-refractivity contribution in [2.75, 3.05) is 20.1 Å². The maximum Gasteiger partial charge on any atom is 0.191 e. The SMILES string of the molecule is CN=C(NCc1cccnc1-n1ccnc1C)NC1CCN(C2CCCC2)C1. The number of likely N-dealkylation sites (tertiary alicyclic amines) is 1. The number of guanidine groups is 1. The minimum atomic E-state index is 0.469. The number of pyridine rings is 1. The van der Waals surface area contributed by atoms with Gasteiger partial charge in [-0.3, -0.25) is 14.5 Å². The van der Waals surface area contributed by atoms with Gasteiger partial charge >= 0.3 is 0 Å². The molecule has 1 unspecified atom stereocenters. The van der Waals surface area contributed by atoms with Gasteiger partial charge in [-0.2, -0.15) is 0 Å². The van der Waals surface area contributed by atoms with Gasteiger partial charge in [-0.15, -0.1) is 0 Å². The van der Waals surface area contributed by atoms with Gasteiger partial charge in [0.05, 0.1) is 0 Å². The Morgan fingerprint density at radius 1 is 1.21 bits per heavy atom. The fourth-order valence-electron chi connectivity index (χ4n) is 4.46. The van der Waals surface area contributed by atoms with Crippen molar-refractivity contribution < 1.29 is 0 Å². The van der Waals surface area contributed by atoms with E-state index in [0.717, 1.165) is 35.8 Å². The molecule has 1 aliphatic heterocycles. The fourth-order valence-corrected chi connectivity index (χ4v) is 4.46. The van der Waals surface area contributed by atoms with E-state index in [-0.39, 0.29) is 0 Å². The van der Waals surface area contributed by atoms with E-state index in [9.17, 15) is 0 Å². The Balaban J connectivity index is 1.35. The van der Waals surface area contributed by atoms with E-state index < -0.39 is 0 Å². The van der Waals surface area contributed by atoms with E-state index >= 15 is 0 Å². The van der Waals surface area contributed by atoms with Crippen molar-refractivity contribution in [3.8, 4) is 5.82 Å². The van der Waals surface area contributed by atoms with E-state index in [1.165, 1.54) is 38.6 Å². The van der Waals surface area contributed by atoms with Crippen molar-refractivity contribution in [1.29, 1.82) is 0 Å². The second kappa shape index (κ2) is 8.73. The molecule has 0 aromatic carbocycles. The van der Waals surface area contributed by atoms with Gasteiger partial charge in [0.15, 0.2) is 5.96 Å². The van der Waals surface area contributed by atoms with Crippen LogP contribution in [0.25, 0.3) is 5.82 Å². The maximum atomic E-state index is 4.56. The van der Waals surface area contributed by atoms with Crippen LogP contribution in [0, 0.1) is 6.92 Å². The van der Waals surface area contributed by atoms with E-state index in [1.807, 2.05) is 37.0 Å². The lowest BCUT2D eigenvalue weighted by Gasteiger charge is -2.24. The lowest BCUT2D eigenvalue weighted by atomic mass is 10.2. The van der Waals surface area contributed by atoms with Gasteiger partial charge in [0.1, 0.15) is 11.6 Å². The molecule has 7 heteroatoms. The lowest BCUT2D eigenvalue weighted by molar-refractivity contribution is 0.242. The van der Waals surface area contributed by atoms with Crippen molar-refractivity contribution in [3.05, 3.63) is 42.1 Å². The summed E-state index contributed by atoms with van der Waals surface area (Å²) in [4.78, 5) is 16.0. The zero-order valence-electron chi connectivity index (χ0n) is 16.9. The summed E-state index contributed by atoms with van der Waals surface area (Å²) in [5.41, 5.74) is 1.12. The Morgan fingerprint density at radius 2 is 2.07 bits per heavy atom. The zero-order valence-corrected chi connectivity index (χ0v) is 16.9. The molecule has 0 amide bonds. The molecule has 0 bridgehead atoms. The standard InChI is InChI=1S/C21H31N7/c1-16-23-11-13-28(16)20-17(6-5-10-24-20)14-25-21(22-2)26-18-9-12-27(15-18)19-7-3-4-8-19/h5-6,10-11,13,18-19H,3-4,7-9,12,14-15H2,1-2H3,(H2,22,25,26). The van der Waals surface area contributed by atoms with Gasteiger partial charge in [-0.05, 0) is 32.3 Å². The molecule has 7 nitrogen and oxygen atoms in total. The topological polar surface area (TPSA) is 70.4 Å². The summed E-state index contributed by atoms with van der Waals surface area (Å²) in [5, 5.41) is 7.08. The first-order chi connectivity index (χ1) is 13.7. The van der Waals surface area contributed by atoms with Crippen LogP contribution < -0.4 is 10.6 Å². The zero-order chi connectivity index (χ0) is 19.3. The van der Waals surface area contributed by atoms with Gasteiger partial charge in [0.2, 0.25) is 0 Å². The van der Waals surface area contributed by atoms with Crippen LogP contribution in [0.5, 0.6) is 0 Å². The van der Waals surface area contributed by atoms with Crippen LogP contribution in [0.4, 0.5) is 0 Å². The van der Waals surface area contributed by atoms with E-state index in [0.29, 0.717) is 12.6 Å². The average molecular weight is 382 g/mol. The number of aryl methyl sites for hydroxylation is 1. The van der Waals surface area contributed by atoms with E-state index in [1.54, 1.807) is 6.20 Å². The van der Waals surface area contributed by atoms with Crippen LogP contribution >= 0.6 is 0 Å². The van der Waals surface area contributed by atoms with Crippen molar-refractivity contribution in [3.63, 3.8) is 0 Å². The lowest BCUT2D eigenvalue weighted by Crippen LogP contribution is -2.45. The minimum absolute atomic E-state index is 0.469. The number of aliphatic imine (C=N–C) groups is 1. The second-order valence-corrected chi connectivity index (χ2v) is 7.82. The fraction of sp³-hybridized carbons (Fsp3) is 0.571. The number of rotatable bonds is 5. The third-order valence-corrected chi connectivity index (χ3v) is 5.99. The monoisotopic (exact) mass is 381 g/mol. The highest BCUT2D eigenvalue weighted by atomic mass is 15.3. The maximum absolute atomic E-state index is 4.56. The molecule has 2 fully saturated rings. The second-order valence-electron chi connectivity index (χ2n) is 7.82. The number of nitrogens with zero attached hydrogens (tertiary/aromatic N) is 5. The number of nitrogens with one attached hydrogen (secondary N) is 2. The Hall–Kier alpha value is -2.41. The van der Waals surface area contributed by atoms with Crippen LogP contribution in [-0.2, 0) is 6.54 Å². The predicted molar refractivity (Wildman–Crippen MR) is 112 cm³/mol. The van der Waals surface area contributed by atoms with E-state index in [4.69, 9.17) is 0 Å². The number of aromatic nitrogens is 3. The molecule has 1 aliphatic carbocycles. The molecular weight excluding hydrogens is 350 g/mol. The third-order valence-electron chi connectivity index (χ3n) is 5.99. The molecule has 1 atom stereocenters. The van der Waals surface area contributed by atoms with Crippen LogP contribution in [0.1, 0.15) is 43.5 Å². The summed E-state index contributed by atoms with van der Waals surface area (Å²) in [6.45, 7) is 4.98. The molecule has 4 rings (SSSR count). The molecule has 1 saturated heterocycles. The van der Waals surface area contributed by atoms with Gasteiger partial charge in [0, 0.05) is 62.9 Å². The summed E-state index contributed by atoms with van der Waals surface area (Å²) in [6.07, 6.45) is 12.3. The normalized spacial score (nSPS) is 21.4. The van der Waals surface area contributed by atoms with Crippen molar-refractivity contribution in [2.24, 2.45) is 4.99 Å². The number of hydrogen-bond donors (Lipinski definition) is 2. The summed E-state index contributed by atoms with van der Waals surface area (Å²) in [5.74, 6) is 2.70. The summed E-state index contributed by atoms with van der Waals surface area (Å²) in [7, 11) is 1.84. The number of imidazole rings is 1. The summed E-state index contributed by atoms with van der Waals surface area (Å²) >= 11 is 0. The molecule has 2 aromatic heterocycles. The van der Waals surface area contributed by atoms with Crippen molar-refractivity contribution in [2.45, 2.75) is 57.7 Å². The van der Waals surface area contributed by atoms with Crippen LogP contribution in [0.2, 0.25) is 0 Å². The van der Waals surface area contributed by atoms with Gasteiger partial charge in [-0.1, -0.05) is 18.9 Å². The molecule has 3 heterocycles. The van der Waals surface area contributed by atoms with Crippen molar-refractivity contribution >= 4 is 5.96 Å². The summed E-state index contributed by atoms with van der Waals surface area (Å²) in [6, 6.07) is 5.34. The molecule has 150 valence electrons. The van der Waals surface area contributed by atoms with Crippen molar-refractivity contribution in [1.82, 2.24) is 30.1 Å². The Kier molecular flexibility index (Phi) is 5.90. The molecule has 1 saturated carbocycles. The van der Waals surface area contributed by atoms with Gasteiger partial charge < -0.3 is 10.6 Å². The third kappa shape index (κ3) is 4.19. The predicted octanol–water partition coefficient (Wildman–Crippen LogP) is 2.26. The number of hydrogen-bond acceptors (Lipinski definition) is 4. The molecule has 0 spiro atoms. The quantitative estimate of drug-likeness (QED) is 0.614. The molecule has 2 aliphatic rings. The first-order valence-corrected chi connectivity index (χ1v) is 10.4. The van der Waals surface area contributed by atoms with Gasteiger partial charge in [-0.25, -0.2) is 9.97 Å². The highest BCUT2D eigenvalue weighted by molar-refractivity contribution is 5.80. The Labute approximate surface area is 167 Å². The first kappa shape index (κ1) is 18.9. The van der Waals surface area contributed by atoms with Crippen LogP contribution in [0.15, 0.2) is 35.7 Å². The first-order valence-electron chi connectivity index (χ1n) is 10.4. The average Bonchev–Trinajstić information content (AvgIpc) is 3.47.